The molecule has 0 radical (unpaired) electrons. The number of pyridine rings is 1. The molecule has 0 bridgehead atoms. The van der Waals surface area contributed by atoms with Gasteiger partial charge >= 0.3 is 12.8 Å². The summed E-state index contributed by atoms with van der Waals surface area (Å²) in [5.74, 6) is -0.238. The first-order valence-electron chi connectivity index (χ1n) is 10.5. The zero-order valence-electron chi connectivity index (χ0n) is 18.6. The third kappa shape index (κ3) is 5.94. The number of carbonyl (C=O) groups is 2. The number of anilines is 1. The Morgan fingerprint density at radius 1 is 1.27 bits per heavy atom. The van der Waals surface area contributed by atoms with E-state index < -0.39 is 18.9 Å². The van der Waals surface area contributed by atoms with Crippen LogP contribution in [0, 0.1) is 0 Å². The van der Waals surface area contributed by atoms with Crippen molar-refractivity contribution in [1.29, 1.82) is 0 Å². The number of hydrogen-bond acceptors (Lipinski definition) is 5. The summed E-state index contributed by atoms with van der Waals surface area (Å²) in [6, 6.07) is 12.8. The maximum Gasteiger partial charge on any atom is 0.408 e. The van der Waals surface area contributed by atoms with Gasteiger partial charge in [0.1, 0.15) is 0 Å². The summed E-state index contributed by atoms with van der Waals surface area (Å²) >= 11 is 0. The van der Waals surface area contributed by atoms with E-state index in [4.69, 9.17) is 4.74 Å². The zero-order valence-corrected chi connectivity index (χ0v) is 18.6. The van der Waals surface area contributed by atoms with E-state index in [1.807, 2.05) is 18.3 Å². The molecular weight excluding hydrogens is 437 g/mol. The number of likely N-dealkylation sites (N-methyl/N-ethyl adjacent to an activating group) is 1. The third-order valence-corrected chi connectivity index (χ3v) is 5.90. The van der Waals surface area contributed by atoms with Gasteiger partial charge in [0.15, 0.2) is 6.10 Å². The molecule has 178 valence electrons. The number of nitrogens with zero attached hydrogens (tertiary/aromatic N) is 2. The van der Waals surface area contributed by atoms with Crippen LogP contribution < -0.4 is 10.6 Å². The molecule has 2 N–H and O–H groups in total. The SMILES string of the molecule is CN(Cc1ccc(NC2Cc3ccccc3C2(C)C)cn1)C(=O)C1CNC(=O)O1.FC(F)F. The van der Waals surface area contributed by atoms with E-state index in [1.165, 1.54) is 16.0 Å². The predicted octanol–water partition coefficient (Wildman–Crippen LogP) is 3.64. The van der Waals surface area contributed by atoms with E-state index in [9.17, 15) is 22.8 Å². The first-order chi connectivity index (χ1) is 15.6. The van der Waals surface area contributed by atoms with Gasteiger partial charge in [-0.1, -0.05) is 38.1 Å². The number of ether oxygens (including phenoxy) is 1. The van der Waals surface area contributed by atoms with Gasteiger partial charge in [0.2, 0.25) is 0 Å². The molecule has 0 saturated carbocycles. The van der Waals surface area contributed by atoms with Gasteiger partial charge in [0.25, 0.3) is 5.91 Å². The average molecular weight is 464 g/mol. The second-order valence-electron chi connectivity index (χ2n) is 8.53. The monoisotopic (exact) mass is 464 g/mol. The van der Waals surface area contributed by atoms with Gasteiger partial charge < -0.3 is 20.3 Å². The lowest BCUT2D eigenvalue weighted by Gasteiger charge is -2.30. The molecule has 0 spiro atoms. The molecule has 1 aliphatic heterocycles. The summed E-state index contributed by atoms with van der Waals surface area (Å²) < 4.78 is 33.9. The van der Waals surface area contributed by atoms with E-state index >= 15 is 0 Å². The van der Waals surface area contributed by atoms with Crippen molar-refractivity contribution in [2.45, 2.75) is 51.1 Å². The van der Waals surface area contributed by atoms with Gasteiger partial charge in [-0.3, -0.25) is 9.78 Å². The minimum absolute atomic E-state index is 0.0364. The van der Waals surface area contributed by atoms with Gasteiger partial charge in [0, 0.05) is 18.5 Å². The van der Waals surface area contributed by atoms with Crippen molar-refractivity contribution in [1.82, 2.24) is 15.2 Å². The molecule has 1 fully saturated rings. The van der Waals surface area contributed by atoms with Crippen molar-refractivity contribution in [3.05, 3.63) is 59.4 Å². The van der Waals surface area contributed by atoms with Crippen molar-refractivity contribution < 1.29 is 27.5 Å². The fourth-order valence-electron chi connectivity index (χ4n) is 4.12. The molecule has 2 atom stereocenters. The standard InChI is InChI=1S/C22H26N4O3.CHF3/c1-22(2)17-7-5-4-6-14(17)10-19(22)25-15-8-9-16(23-11-15)13-26(3)20(27)18-12-24-21(28)29-18;2-1(3)4/h4-9,11,18-19,25H,10,12-13H2,1-3H3,(H,24,28);1H. The highest BCUT2D eigenvalue weighted by molar-refractivity contribution is 5.86. The minimum atomic E-state index is -3.67. The van der Waals surface area contributed by atoms with Crippen LogP contribution in [0.5, 0.6) is 0 Å². The van der Waals surface area contributed by atoms with E-state index in [-0.39, 0.29) is 17.9 Å². The second-order valence-corrected chi connectivity index (χ2v) is 8.53. The highest BCUT2D eigenvalue weighted by Crippen LogP contribution is 2.39. The Balaban J connectivity index is 0.000000709. The van der Waals surface area contributed by atoms with Crippen LogP contribution in [0.2, 0.25) is 0 Å². The Bertz CT molecular complexity index is 982. The number of amides is 2. The van der Waals surface area contributed by atoms with Crippen LogP contribution in [-0.4, -0.2) is 54.3 Å². The smallest absolute Gasteiger partial charge is 0.408 e. The summed E-state index contributed by atoms with van der Waals surface area (Å²) in [6.07, 6.45) is 1.47. The Hall–Kier alpha value is -3.30. The number of benzene rings is 1. The van der Waals surface area contributed by atoms with E-state index in [1.54, 1.807) is 7.05 Å². The average Bonchev–Trinajstić information content (AvgIpc) is 3.30. The molecule has 1 aromatic heterocycles. The van der Waals surface area contributed by atoms with Crippen molar-refractivity contribution in [2.75, 3.05) is 18.9 Å². The molecule has 2 amide bonds. The van der Waals surface area contributed by atoms with Gasteiger partial charge in [-0.2, -0.15) is 13.2 Å². The number of rotatable bonds is 5. The lowest BCUT2D eigenvalue weighted by Crippen LogP contribution is -2.38. The summed E-state index contributed by atoms with van der Waals surface area (Å²) in [4.78, 5) is 29.5. The highest BCUT2D eigenvalue weighted by Gasteiger charge is 2.39. The molecule has 10 heteroatoms. The van der Waals surface area contributed by atoms with Crippen molar-refractivity contribution in [2.24, 2.45) is 0 Å². The molecule has 1 aromatic carbocycles. The lowest BCUT2D eigenvalue weighted by atomic mass is 9.83. The van der Waals surface area contributed by atoms with Gasteiger partial charge in [-0.25, -0.2) is 4.79 Å². The van der Waals surface area contributed by atoms with Crippen molar-refractivity contribution in [3.8, 4) is 0 Å². The van der Waals surface area contributed by atoms with Gasteiger partial charge in [0.05, 0.1) is 30.7 Å². The van der Waals surface area contributed by atoms with E-state index in [0.29, 0.717) is 12.6 Å². The molecule has 2 aromatic rings. The highest BCUT2D eigenvalue weighted by atomic mass is 19.4. The topological polar surface area (TPSA) is 83.6 Å². The fourth-order valence-corrected chi connectivity index (χ4v) is 4.12. The molecule has 2 heterocycles. The first kappa shape index (κ1) is 24.3. The van der Waals surface area contributed by atoms with Crippen molar-refractivity contribution >= 4 is 17.7 Å². The molecule has 33 heavy (non-hydrogen) atoms. The number of nitrogens with one attached hydrogen (secondary N) is 2. The predicted molar refractivity (Wildman–Crippen MR) is 117 cm³/mol. The van der Waals surface area contributed by atoms with Crippen LogP contribution in [0.4, 0.5) is 23.7 Å². The largest absolute Gasteiger partial charge is 0.434 e. The van der Waals surface area contributed by atoms with Crippen LogP contribution in [-0.2, 0) is 27.9 Å². The summed E-state index contributed by atoms with van der Waals surface area (Å²) in [5.41, 5.74) is 4.56. The van der Waals surface area contributed by atoms with Crippen LogP contribution in [0.3, 0.4) is 0 Å². The van der Waals surface area contributed by atoms with Crippen LogP contribution in [0.25, 0.3) is 0 Å². The van der Waals surface area contributed by atoms with Crippen LogP contribution >= 0.6 is 0 Å². The van der Waals surface area contributed by atoms with Crippen molar-refractivity contribution in [3.63, 3.8) is 0 Å². The van der Waals surface area contributed by atoms with Gasteiger partial charge in [-0.15, -0.1) is 0 Å². The second kappa shape index (κ2) is 10.1. The molecule has 1 aliphatic carbocycles. The zero-order chi connectivity index (χ0) is 24.2. The molecule has 2 unspecified atom stereocenters. The number of fused-ring (bicyclic) bond motifs is 1. The Morgan fingerprint density at radius 2 is 1.97 bits per heavy atom. The third-order valence-electron chi connectivity index (χ3n) is 5.90. The number of aromatic nitrogens is 1. The number of carbonyl (C=O) groups excluding carboxylic acids is 2. The fraction of sp³-hybridized carbons (Fsp3) is 0.435. The number of hydrogen-bond donors (Lipinski definition) is 2. The number of alkyl carbamates (subject to hydrolysis) is 1. The minimum Gasteiger partial charge on any atom is -0.434 e. The van der Waals surface area contributed by atoms with Crippen LogP contribution in [0.1, 0.15) is 30.7 Å². The molecule has 4 rings (SSSR count). The van der Waals surface area contributed by atoms with E-state index in [0.717, 1.165) is 17.8 Å². The molecular formula is C23H27F3N4O3. The van der Waals surface area contributed by atoms with Crippen LogP contribution in [0.15, 0.2) is 42.6 Å². The number of alkyl halides is 3. The number of halogens is 3. The maximum atomic E-state index is 12.3. The van der Waals surface area contributed by atoms with E-state index in [2.05, 4.69) is 53.7 Å². The normalized spacial score (nSPS) is 20.3. The molecule has 1 saturated heterocycles. The Kier molecular flexibility index (Phi) is 7.45. The number of cyclic esters (lactones) is 1. The summed E-state index contributed by atoms with van der Waals surface area (Å²) in [7, 11) is 1.68. The van der Waals surface area contributed by atoms with Gasteiger partial charge in [-0.05, 0) is 29.7 Å². The summed E-state index contributed by atoms with van der Waals surface area (Å²) in [6.45, 7) is 1.43. The first-order valence-corrected chi connectivity index (χ1v) is 10.5. The summed E-state index contributed by atoms with van der Waals surface area (Å²) in [5, 5.41) is 6.11. The molecule has 2 aliphatic rings. The Labute approximate surface area is 190 Å². The quantitative estimate of drug-likeness (QED) is 0.706. The maximum absolute atomic E-state index is 12.3. The molecule has 7 nitrogen and oxygen atoms in total. The Morgan fingerprint density at radius 3 is 2.55 bits per heavy atom. The lowest BCUT2D eigenvalue weighted by molar-refractivity contribution is -0.137.